The van der Waals surface area contributed by atoms with Gasteiger partial charge in [0.25, 0.3) is 5.91 Å². The van der Waals surface area contributed by atoms with E-state index in [4.69, 9.17) is 21.1 Å². The molecule has 0 saturated heterocycles. The van der Waals surface area contributed by atoms with Gasteiger partial charge in [0.2, 0.25) is 0 Å². The summed E-state index contributed by atoms with van der Waals surface area (Å²) in [5.74, 6) is -0.445. The van der Waals surface area contributed by atoms with Crippen LogP contribution in [0.15, 0.2) is 42.5 Å². The van der Waals surface area contributed by atoms with Crippen molar-refractivity contribution >= 4 is 29.2 Å². The maximum Gasteiger partial charge on any atom is 0.344 e. The molecule has 27 heavy (non-hydrogen) atoms. The van der Waals surface area contributed by atoms with Gasteiger partial charge in [0, 0.05) is 31.4 Å². The summed E-state index contributed by atoms with van der Waals surface area (Å²) in [6.07, 6.45) is 0. The Morgan fingerprint density at radius 1 is 1.07 bits per heavy atom. The molecule has 1 amide bonds. The summed E-state index contributed by atoms with van der Waals surface area (Å²) in [5, 5.41) is 3.30. The normalized spacial score (nSPS) is 10.2. The fourth-order valence-corrected chi connectivity index (χ4v) is 2.49. The number of hydrogen-bond donors (Lipinski definition) is 1. The van der Waals surface area contributed by atoms with E-state index in [2.05, 4.69) is 5.32 Å². The highest BCUT2D eigenvalue weighted by atomic mass is 35.5. The van der Waals surface area contributed by atoms with Gasteiger partial charge in [0.05, 0.1) is 0 Å². The van der Waals surface area contributed by atoms with Crippen molar-refractivity contribution in [2.24, 2.45) is 0 Å². The van der Waals surface area contributed by atoms with Crippen molar-refractivity contribution < 1.29 is 19.1 Å². The number of anilines is 1. The van der Waals surface area contributed by atoms with Gasteiger partial charge in [-0.3, -0.25) is 4.79 Å². The molecule has 1 N–H and O–H groups in total. The van der Waals surface area contributed by atoms with Gasteiger partial charge in [-0.1, -0.05) is 23.7 Å². The van der Waals surface area contributed by atoms with E-state index in [1.165, 1.54) is 0 Å². The zero-order valence-electron chi connectivity index (χ0n) is 15.6. The number of nitrogens with zero attached hydrogens (tertiary/aromatic N) is 1. The molecule has 2 aromatic rings. The van der Waals surface area contributed by atoms with Crippen LogP contribution in [0.4, 0.5) is 5.69 Å². The molecule has 7 heteroatoms. The summed E-state index contributed by atoms with van der Waals surface area (Å²) in [4.78, 5) is 25.5. The predicted octanol–water partition coefficient (Wildman–Crippen LogP) is 2.95. The third-order valence-corrected chi connectivity index (χ3v) is 4.02. The maximum absolute atomic E-state index is 11.8. The highest BCUT2D eigenvalue weighted by Crippen LogP contribution is 2.21. The summed E-state index contributed by atoms with van der Waals surface area (Å²) in [7, 11) is 3.92. The van der Waals surface area contributed by atoms with Gasteiger partial charge in [0.15, 0.2) is 13.2 Å². The van der Waals surface area contributed by atoms with Gasteiger partial charge in [0.1, 0.15) is 5.75 Å². The Hall–Kier alpha value is -2.73. The van der Waals surface area contributed by atoms with E-state index in [0.29, 0.717) is 17.3 Å². The minimum Gasteiger partial charge on any atom is -0.482 e. The van der Waals surface area contributed by atoms with Gasteiger partial charge in [-0.05, 0) is 48.4 Å². The second-order valence-corrected chi connectivity index (χ2v) is 6.63. The van der Waals surface area contributed by atoms with E-state index >= 15 is 0 Å². The summed E-state index contributed by atoms with van der Waals surface area (Å²) in [6, 6.07) is 12.9. The van der Waals surface area contributed by atoms with Crippen molar-refractivity contribution in [1.82, 2.24) is 5.32 Å². The van der Waals surface area contributed by atoms with Gasteiger partial charge < -0.3 is 19.7 Å². The van der Waals surface area contributed by atoms with Gasteiger partial charge in [-0.25, -0.2) is 4.79 Å². The lowest BCUT2D eigenvalue weighted by atomic mass is 10.2. The first-order valence-electron chi connectivity index (χ1n) is 8.42. The van der Waals surface area contributed by atoms with Crippen LogP contribution in [0.2, 0.25) is 5.02 Å². The Morgan fingerprint density at radius 3 is 2.41 bits per heavy atom. The molecule has 0 aromatic heterocycles. The van der Waals surface area contributed by atoms with Crippen LogP contribution in [0, 0.1) is 6.92 Å². The van der Waals surface area contributed by atoms with E-state index in [9.17, 15) is 9.59 Å². The van der Waals surface area contributed by atoms with Crippen LogP contribution >= 0.6 is 11.6 Å². The molecule has 0 aliphatic rings. The fourth-order valence-electron chi connectivity index (χ4n) is 2.26. The summed E-state index contributed by atoms with van der Waals surface area (Å²) >= 11 is 5.87. The van der Waals surface area contributed by atoms with E-state index < -0.39 is 5.97 Å². The number of esters is 1. The Labute approximate surface area is 164 Å². The zero-order chi connectivity index (χ0) is 19.8. The summed E-state index contributed by atoms with van der Waals surface area (Å²) in [6.45, 7) is 1.56. The molecule has 0 bridgehead atoms. The van der Waals surface area contributed by atoms with Crippen molar-refractivity contribution in [1.29, 1.82) is 0 Å². The quantitative estimate of drug-likeness (QED) is 0.702. The van der Waals surface area contributed by atoms with Crippen molar-refractivity contribution in [3.8, 4) is 5.75 Å². The Balaban J connectivity index is 1.69. The van der Waals surface area contributed by atoms with Crippen LogP contribution < -0.4 is 15.0 Å². The molecular formula is C20H23ClN2O4. The average molecular weight is 391 g/mol. The third-order valence-electron chi connectivity index (χ3n) is 3.79. The molecular weight excluding hydrogens is 368 g/mol. The smallest absolute Gasteiger partial charge is 0.344 e. The van der Waals surface area contributed by atoms with Crippen molar-refractivity contribution in [3.05, 3.63) is 58.6 Å². The topological polar surface area (TPSA) is 67.9 Å². The van der Waals surface area contributed by atoms with Crippen LogP contribution in [0.5, 0.6) is 5.75 Å². The number of ether oxygens (including phenoxy) is 2. The van der Waals surface area contributed by atoms with Crippen LogP contribution in [-0.2, 0) is 20.9 Å². The Kier molecular flexibility index (Phi) is 7.49. The molecule has 2 aromatic carbocycles. The monoisotopic (exact) mass is 390 g/mol. The molecule has 0 aliphatic carbocycles. The minimum atomic E-state index is -0.616. The number of halogens is 1. The first-order chi connectivity index (χ1) is 12.8. The maximum atomic E-state index is 11.8. The SMILES string of the molecule is Cc1cc(Cl)ccc1OCC(=O)OCC(=O)NCc1ccc(N(C)C)cc1. The van der Waals surface area contributed by atoms with Crippen LogP contribution in [0.25, 0.3) is 0 Å². The Bertz CT molecular complexity index is 791. The van der Waals surface area contributed by atoms with Gasteiger partial charge in [-0.2, -0.15) is 0 Å². The highest BCUT2D eigenvalue weighted by Gasteiger charge is 2.09. The number of aryl methyl sites for hydroxylation is 1. The number of benzene rings is 2. The molecule has 0 atom stereocenters. The molecule has 0 fully saturated rings. The second kappa shape index (κ2) is 9.83. The fraction of sp³-hybridized carbons (Fsp3) is 0.300. The molecule has 6 nitrogen and oxygen atoms in total. The molecule has 0 spiro atoms. The minimum absolute atomic E-state index is 0.276. The number of rotatable bonds is 8. The lowest BCUT2D eigenvalue weighted by Gasteiger charge is -2.13. The molecule has 0 heterocycles. The van der Waals surface area contributed by atoms with Crippen LogP contribution in [0.3, 0.4) is 0 Å². The second-order valence-electron chi connectivity index (χ2n) is 6.20. The predicted molar refractivity (Wildman–Crippen MR) is 105 cm³/mol. The molecule has 0 unspecified atom stereocenters. The summed E-state index contributed by atoms with van der Waals surface area (Å²) < 4.78 is 10.3. The number of nitrogens with one attached hydrogen (secondary N) is 1. The lowest BCUT2D eigenvalue weighted by molar-refractivity contribution is -0.150. The molecule has 0 aliphatic heterocycles. The first-order valence-corrected chi connectivity index (χ1v) is 8.80. The van der Waals surface area contributed by atoms with Gasteiger partial charge >= 0.3 is 5.97 Å². The van der Waals surface area contributed by atoms with E-state index in [0.717, 1.165) is 16.8 Å². The zero-order valence-corrected chi connectivity index (χ0v) is 16.4. The molecule has 0 radical (unpaired) electrons. The van der Waals surface area contributed by atoms with Crippen LogP contribution in [-0.4, -0.2) is 39.2 Å². The van der Waals surface area contributed by atoms with Crippen molar-refractivity contribution in [2.45, 2.75) is 13.5 Å². The standard InChI is InChI=1S/C20H23ClN2O4/c1-14-10-16(21)6-9-18(14)26-13-20(25)27-12-19(24)22-11-15-4-7-17(8-5-15)23(2)3/h4-10H,11-13H2,1-3H3,(H,22,24). The van der Waals surface area contributed by atoms with E-state index in [1.54, 1.807) is 18.2 Å². The average Bonchev–Trinajstić information content (AvgIpc) is 2.64. The van der Waals surface area contributed by atoms with Crippen LogP contribution in [0.1, 0.15) is 11.1 Å². The van der Waals surface area contributed by atoms with E-state index in [1.807, 2.05) is 50.2 Å². The first kappa shape index (κ1) is 20.6. The van der Waals surface area contributed by atoms with E-state index in [-0.39, 0.29) is 19.1 Å². The number of carbonyl (C=O) groups excluding carboxylic acids is 2. The Morgan fingerprint density at radius 2 is 1.78 bits per heavy atom. The number of carbonyl (C=O) groups is 2. The lowest BCUT2D eigenvalue weighted by Crippen LogP contribution is -2.29. The largest absolute Gasteiger partial charge is 0.482 e. The number of amides is 1. The molecule has 0 saturated carbocycles. The highest BCUT2D eigenvalue weighted by molar-refractivity contribution is 6.30. The number of hydrogen-bond acceptors (Lipinski definition) is 5. The molecule has 144 valence electrons. The van der Waals surface area contributed by atoms with Crippen molar-refractivity contribution in [2.75, 3.05) is 32.2 Å². The van der Waals surface area contributed by atoms with Crippen molar-refractivity contribution in [3.63, 3.8) is 0 Å². The molecule has 2 rings (SSSR count). The third kappa shape index (κ3) is 6.83. The van der Waals surface area contributed by atoms with Gasteiger partial charge in [-0.15, -0.1) is 0 Å². The summed E-state index contributed by atoms with van der Waals surface area (Å²) in [5.41, 5.74) is 2.85.